The van der Waals surface area contributed by atoms with Gasteiger partial charge in [-0.2, -0.15) is 5.26 Å². The van der Waals surface area contributed by atoms with E-state index in [1.807, 2.05) is 6.07 Å². The number of rotatable bonds is 1. The van der Waals surface area contributed by atoms with Gasteiger partial charge in [0, 0.05) is 31.6 Å². The fraction of sp³-hybridized carbons (Fsp3) is 0.267. The number of hydrogen-bond acceptors (Lipinski definition) is 4. The van der Waals surface area contributed by atoms with Gasteiger partial charge in [-0.25, -0.2) is 14.2 Å². The van der Waals surface area contributed by atoms with Crippen LogP contribution >= 0.6 is 39.1 Å². The number of carboxylic acid groups (broad SMARTS) is 1. The number of anilines is 1. The SMILES string of the molecule is N#Cc1c(Cl)nc2c(F)c(Br)c(Cl)cc2c1N1CCN(C(=O)O)CC1. The summed E-state index contributed by atoms with van der Waals surface area (Å²) in [4.78, 5) is 18.1. The fourth-order valence-electron chi connectivity index (χ4n) is 2.81. The maximum atomic E-state index is 14.5. The number of halogens is 4. The van der Waals surface area contributed by atoms with E-state index in [1.54, 1.807) is 4.90 Å². The van der Waals surface area contributed by atoms with Gasteiger partial charge >= 0.3 is 6.09 Å². The molecule has 1 N–H and O–H groups in total. The lowest BCUT2D eigenvalue weighted by Gasteiger charge is -2.35. The van der Waals surface area contributed by atoms with Crippen molar-refractivity contribution in [2.45, 2.75) is 0 Å². The molecule has 1 saturated heterocycles. The zero-order chi connectivity index (χ0) is 18.3. The summed E-state index contributed by atoms with van der Waals surface area (Å²) in [5, 5.41) is 18.9. The second-order valence-electron chi connectivity index (χ2n) is 5.38. The molecular formula is C15H10BrCl2FN4O2. The van der Waals surface area contributed by atoms with Gasteiger partial charge in [-0.1, -0.05) is 23.2 Å². The maximum absolute atomic E-state index is 14.5. The Morgan fingerprint density at radius 3 is 2.56 bits per heavy atom. The summed E-state index contributed by atoms with van der Waals surface area (Å²) in [6.45, 7) is 1.19. The van der Waals surface area contributed by atoms with Crippen molar-refractivity contribution in [2.24, 2.45) is 0 Å². The topological polar surface area (TPSA) is 80.5 Å². The molecule has 2 heterocycles. The number of benzene rings is 1. The van der Waals surface area contributed by atoms with Gasteiger partial charge in [0.2, 0.25) is 0 Å². The molecule has 0 spiro atoms. The van der Waals surface area contributed by atoms with Gasteiger partial charge in [0.05, 0.1) is 15.2 Å². The summed E-state index contributed by atoms with van der Waals surface area (Å²) in [6.07, 6.45) is -1.00. The maximum Gasteiger partial charge on any atom is 0.407 e. The first-order valence-corrected chi connectivity index (χ1v) is 8.69. The van der Waals surface area contributed by atoms with E-state index < -0.39 is 11.9 Å². The Hall–Kier alpha value is -1.82. The van der Waals surface area contributed by atoms with E-state index >= 15 is 0 Å². The molecule has 1 amide bonds. The van der Waals surface area contributed by atoms with E-state index in [0.717, 1.165) is 0 Å². The van der Waals surface area contributed by atoms with Crippen LogP contribution in [-0.4, -0.2) is 47.3 Å². The molecule has 10 heteroatoms. The molecule has 130 valence electrons. The number of aromatic nitrogens is 1. The number of piperazine rings is 1. The van der Waals surface area contributed by atoms with E-state index in [2.05, 4.69) is 20.9 Å². The second-order valence-corrected chi connectivity index (χ2v) is 6.94. The number of carbonyl (C=O) groups is 1. The first-order chi connectivity index (χ1) is 11.8. The molecule has 1 aromatic carbocycles. The van der Waals surface area contributed by atoms with Gasteiger partial charge in [-0.3, -0.25) is 0 Å². The highest BCUT2D eigenvalue weighted by molar-refractivity contribution is 9.10. The molecule has 1 aromatic heterocycles. The molecular weight excluding hydrogens is 438 g/mol. The van der Waals surface area contributed by atoms with Crippen molar-refractivity contribution in [1.29, 1.82) is 5.26 Å². The minimum Gasteiger partial charge on any atom is -0.465 e. The smallest absolute Gasteiger partial charge is 0.407 e. The lowest BCUT2D eigenvalue weighted by molar-refractivity contribution is 0.142. The van der Waals surface area contributed by atoms with Crippen molar-refractivity contribution in [3.05, 3.63) is 32.1 Å². The average Bonchev–Trinajstić information content (AvgIpc) is 2.60. The van der Waals surface area contributed by atoms with Crippen LogP contribution < -0.4 is 4.90 Å². The van der Waals surface area contributed by atoms with E-state index in [9.17, 15) is 14.4 Å². The van der Waals surface area contributed by atoms with Crippen molar-refractivity contribution in [3.8, 4) is 6.07 Å². The third-order valence-corrected chi connectivity index (χ3v) is 5.60. The van der Waals surface area contributed by atoms with Crippen LogP contribution in [0.3, 0.4) is 0 Å². The van der Waals surface area contributed by atoms with Gasteiger partial charge in [-0.15, -0.1) is 0 Å². The molecule has 0 bridgehead atoms. The highest BCUT2D eigenvalue weighted by atomic mass is 79.9. The molecule has 1 aliphatic heterocycles. The second kappa shape index (κ2) is 6.83. The molecule has 0 saturated carbocycles. The van der Waals surface area contributed by atoms with E-state index in [0.29, 0.717) is 24.2 Å². The average molecular weight is 448 g/mol. The van der Waals surface area contributed by atoms with Crippen molar-refractivity contribution in [2.75, 3.05) is 31.1 Å². The number of nitriles is 1. The van der Waals surface area contributed by atoms with Crippen molar-refractivity contribution in [3.63, 3.8) is 0 Å². The van der Waals surface area contributed by atoms with Crippen LogP contribution in [0.1, 0.15) is 5.56 Å². The number of pyridine rings is 1. The highest BCUT2D eigenvalue weighted by Gasteiger charge is 2.27. The quantitative estimate of drug-likeness (QED) is 0.525. The van der Waals surface area contributed by atoms with Gasteiger partial charge < -0.3 is 14.9 Å². The minimum absolute atomic E-state index is 0.00376. The molecule has 6 nitrogen and oxygen atoms in total. The molecule has 25 heavy (non-hydrogen) atoms. The minimum atomic E-state index is -1.00. The lowest BCUT2D eigenvalue weighted by Crippen LogP contribution is -2.48. The Morgan fingerprint density at radius 1 is 1.36 bits per heavy atom. The van der Waals surface area contributed by atoms with Gasteiger partial charge in [0.15, 0.2) is 5.82 Å². The van der Waals surface area contributed by atoms with Gasteiger partial charge in [0.1, 0.15) is 22.3 Å². The van der Waals surface area contributed by atoms with Crippen LogP contribution in [0.5, 0.6) is 0 Å². The Labute approximate surface area is 160 Å². The van der Waals surface area contributed by atoms with E-state index in [4.69, 9.17) is 28.3 Å². The summed E-state index contributed by atoms with van der Waals surface area (Å²) < 4.78 is 14.6. The molecule has 1 aliphatic rings. The fourth-order valence-corrected chi connectivity index (χ4v) is 3.52. The monoisotopic (exact) mass is 446 g/mol. The summed E-state index contributed by atoms with van der Waals surface area (Å²) in [6, 6.07) is 3.52. The number of hydrogen-bond donors (Lipinski definition) is 1. The van der Waals surface area contributed by atoms with Crippen molar-refractivity contribution >= 4 is 61.8 Å². The molecule has 3 rings (SSSR count). The molecule has 2 aromatic rings. The molecule has 0 aliphatic carbocycles. The predicted octanol–water partition coefficient (Wildman–Crippen LogP) is 4.11. The number of fused-ring (bicyclic) bond motifs is 1. The van der Waals surface area contributed by atoms with E-state index in [1.165, 1.54) is 11.0 Å². The van der Waals surface area contributed by atoms with Crippen LogP contribution in [0.4, 0.5) is 14.9 Å². The third-order valence-electron chi connectivity index (χ3n) is 4.02. The Balaban J connectivity index is 2.20. The zero-order valence-electron chi connectivity index (χ0n) is 12.6. The molecule has 0 atom stereocenters. The van der Waals surface area contributed by atoms with Crippen LogP contribution in [0.2, 0.25) is 10.2 Å². The Bertz CT molecular complexity index is 926. The number of nitrogens with zero attached hydrogens (tertiary/aromatic N) is 4. The van der Waals surface area contributed by atoms with Gasteiger partial charge in [0.25, 0.3) is 0 Å². The largest absolute Gasteiger partial charge is 0.465 e. The molecule has 0 radical (unpaired) electrons. The normalized spacial score (nSPS) is 14.7. The van der Waals surface area contributed by atoms with Crippen LogP contribution in [-0.2, 0) is 0 Å². The lowest BCUT2D eigenvalue weighted by atomic mass is 10.1. The van der Waals surface area contributed by atoms with Crippen molar-refractivity contribution < 1.29 is 14.3 Å². The molecule has 1 fully saturated rings. The van der Waals surface area contributed by atoms with Crippen molar-refractivity contribution in [1.82, 2.24) is 9.88 Å². The van der Waals surface area contributed by atoms with Gasteiger partial charge in [-0.05, 0) is 22.0 Å². The zero-order valence-corrected chi connectivity index (χ0v) is 15.7. The first kappa shape index (κ1) is 18.0. The van der Waals surface area contributed by atoms with Crippen LogP contribution in [0.15, 0.2) is 10.5 Å². The summed E-state index contributed by atoms with van der Waals surface area (Å²) in [5.41, 5.74) is 0.516. The molecule has 0 unspecified atom stereocenters. The highest BCUT2D eigenvalue weighted by Crippen LogP contribution is 2.39. The van der Waals surface area contributed by atoms with Crippen LogP contribution in [0, 0.1) is 17.1 Å². The summed E-state index contributed by atoms with van der Waals surface area (Å²) in [5.74, 6) is -0.667. The summed E-state index contributed by atoms with van der Waals surface area (Å²) >= 11 is 15.2. The Morgan fingerprint density at radius 2 is 2.00 bits per heavy atom. The standard InChI is InChI=1S/C15H10BrCl2FN4O2/c16-10-9(17)5-7-12(11(10)19)21-14(18)8(6-20)13(7)22-1-3-23(4-2-22)15(24)25/h5H,1-4H2,(H,24,25). The first-order valence-electron chi connectivity index (χ1n) is 7.14. The number of amides is 1. The predicted molar refractivity (Wildman–Crippen MR) is 95.9 cm³/mol. The third kappa shape index (κ3) is 3.08. The Kier molecular flexibility index (Phi) is 4.91. The van der Waals surface area contributed by atoms with E-state index in [-0.39, 0.29) is 38.8 Å². The summed E-state index contributed by atoms with van der Waals surface area (Å²) in [7, 11) is 0. The van der Waals surface area contributed by atoms with Crippen LogP contribution in [0.25, 0.3) is 10.9 Å².